The van der Waals surface area contributed by atoms with Crippen LogP contribution in [0.15, 0.2) is 152 Å². The van der Waals surface area contributed by atoms with E-state index in [1.54, 1.807) is 110 Å². The van der Waals surface area contributed by atoms with Crippen molar-refractivity contribution in [3.05, 3.63) is 180 Å². The largest absolute Gasteiger partial charge is 0.454 e. The van der Waals surface area contributed by atoms with Crippen LogP contribution in [0.3, 0.4) is 0 Å². The Bertz CT molecular complexity index is 2760. The predicted molar refractivity (Wildman–Crippen MR) is 222 cm³/mol. The third-order valence-corrected chi connectivity index (χ3v) is 11.2. The molecule has 9 rings (SSSR count). The molecule has 11 heteroatoms. The number of esters is 1. The molecule has 0 bridgehead atoms. The summed E-state index contributed by atoms with van der Waals surface area (Å²) in [6.45, 7) is 1.75. The number of H-pyrrole nitrogens is 1. The number of para-hydroxylation sites is 2. The normalized spacial score (nSPS) is 19.4. The lowest BCUT2D eigenvalue weighted by Gasteiger charge is -2.44. The van der Waals surface area contributed by atoms with Gasteiger partial charge in [-0.2, -0.15) is 0 Å². The second-order valence-corrected chi connectivity index (χ2v) is 14.7. The number of aromatic amines is 1. The fourth-order valence-electron chi connectivity index (χ4n) is 8.30. The maximum Gasteiger partial charge on any atom is 0.338 e. The first kappa shape index (κ1) is 37.2. The molecule has 4 amide bonds. The van der Waals surface area contributed by atoms with Crippen molar-refractivity contribution in [2.75, 3.05) is 7.05 Å². The molecule has 2 aliphatic heterocycles. The van der Waals surface area contributed by atoms with Crippen LogP contribution in [-0.4, -0.2) is 74.2 Å². The summed E-state index contributed by atoms with van der Waals surface area (Å²) in [7, 11) is 1.47. The van der Waals surface area contributed by atoms with Crippen LogP contribution < -0.4 is 0 Å². The number of nitrogens with one attached hydrogen (secondary N) is 1. The van der Waals surface area contributed by atoms with Crippen molar-refractivity contribution >= 4 is 62.6 Å². The predicted octanol–water partition coefficient (Wildman–Crippen LogP) is 7.92. The quantitative estimate of drug-likeness (QED) is 0.122. The number of amides is 4. The van der Waals surface area contributed by atoms with Crippen molar-refractivity contribution in [2.45, 2.75) is 37.8 Å². The van der Waals surface area contributed by atoms with E-state index >= 15 is 0 Å². The summed E-state index contributed by atoms with van der Waals surface area (Å²) in [5.74, 6) is -2.64. The van der Waals surface area contributed by atoms with E-state index in [0.29, 0.717) is 27.6 Å². The molecule has 7 aromatic rings. The van der Waals surface area contributed by atoms with Gasteiger partial charge in [-0.1, -0.05) is 91.0 Å². The third kappa shape index (κ3) is 6.51. The second-order valence-electron chi connectivity index (χ2n) is 14.7. The Morgan fingerprint density at radius 3 is 1.83 bits per heavy atom. The number of rotatable bonds is 8. The van der Waals surface area contributed by atoms with Gasteiger partial charge in [0, 0.05) is 64.4 Å². The average molecular weight is 783 g/mol. The van der Waals surface area contributed by atoms with Gasteiger partial charge in [0.05, 0.1) is 34.4 Å². The van der Waals surface area contributed by atoms with Gasteiger partial charge in [0.25, 0.3) is 23.6 Å². The van der Waals surface area contributed by atoms with E-state index in [4.69, 9.17) is 9.47 Å². The number of ether oxygens (including phenoxy) is 2. The molecule has 11 nitrogen and oxygen atoms in total. The van der Waals surface area contributed by atoms with Crippen LogP contribution in [-0.2, 0) is 19.1 Å². The standard InChI is InChI=1S/C48H38N4O7/c1-29-43(59-48(57)32-20-10-5-11-21-32)39(52(44(53)30-16-6-3-7-17-30)45(54)31-18-8-4-9-19-31)26-40(58-29)51-28-36(34-23-13-15-25-38(34)51)42-41(46(55)50(2)47(42)56)35-27-49-37-24-14-12-22-33(35)37/h3-25,27-29,39-40,43,49H,26H2,1-2H3/t29-,39-,40+,43+/m0/s1. The van der Waals surface area contributed by atoms with E-state index in [1.807, 2.05) is 53.1 Å². The van der Waals surface area contributed by atoms with E-state index in [9.17, 15) is 24.0 Å². The third-order valence-electron chi connectivity index (χ3n) is 11.2. The molecule has 59 heavy (non-hydrogen) atoms. The van der Waals surface area contributed by atoms with Gasteiger partial charge in [-0.05, 0) is 55.5 Å². The molecule has 292 valence electrons. The van der Waals surface area contributed by atoms with Gasteiger partial charge in [-0.15, -0.1) is 0 Å². The lowest BCUT2D eigenvalue weighted by Crippen LogP contribution is -2.58. The number of hydrogen-bond donors (Lipinski definition) is 1. The summed E-state index contributed by atoms with van der Waals surface area (Å²) < 4.78 is 14.8. The Balaban J connectivity index is 1.19. The first-order valence-corrected chi connectivity index (χ1v) is 19.3. The highest BCUT2D eigenvalue weighted by Gasteiger charge is 2.48. The molecule has 0 unspecified atom stereocenters. The molecular weight excluding hydrogens is 745 g/mol. The lowest BCUT2D eigenvalue weighted by molar-refractivity contribution is -0.162. The number of imide groups is 2. The molecule has 5 aromatic carbocycles. The van der Waals surface area contributed by atoms with Gasteiger partial charge in [0.1, 0.15) is 12.3 Å². The van der Waals surface area contributed by atoms with Crippen LogP contribution in [0, 0.1) is 0 Å². The van der Waals surface area contributed by atoms with Crippen LogP contribution in [0.5, 0.6) is 0 Å². The zero-order valence-electron chi connectivity index (χ0n) is 32.1. The van der Waals surface area contributed by atoms with Crippen LogP contribution in [0.4, 0.5) is 0 Å². The Morgan fingerprint density at radius 1 is 0.678 bits per heavy atom. The van der Waals surface area contributed by atoms with Gasteiger partial charge < -0.3 is 19.0 Å². The van der Waals surface area contributed by atoms with Crippen LogP contribution in [0.1, 0.15) is 61.8 Å². The first-order valence-electron chi connectivity index (χ1n) is 19.3. The van der Waals surface area contributed by atoms with Gasteiger partial charge in [0.2, 0.25) is 0 Å². The summed E-state index contributed by atoms with van der Waals surface area (Å²) >= 11 is 0. The zero-order valence-corrected chi connectivity index (χ0v) is 32.1. The zero-order chi connectivity index (χ0) is 40.8. The minimum Gasteiger partial charge on any atom is -0.454 e. The minimum absolute atomic E-state index is 0.00741. The molecule has 1 fully saturated rings. The first-order chi connectivity index (χ1) is 28.7. The fraction of sp³-hybridized carbons (Fsp3) is 0.146. The van der Waals surface area contributed by atoms with Gasteiger partial charge in [-0.25, -0.2) is 4.79 Å². The monoisotopic (exact) mass is 782 g/mol. The number of nitrogens with zero attached hydrogens (tertiary/aromatic N) is 3. The van der Waals surface area contributed by atoms with E-state index in [-0.39, 0.29) is 28.7 Å². The smallest absolute Gasteiger partial charge is 0.338 e. The van der Waals surface area contributed by atoms with Gasteiger partial charge in [0.15, 0.2) is 0 Å². The highest BCUT2D eigenvalue weighted by atomic mass is 16.6. The summed E-state index contributed by atoms with van der Waals surface area (Å²) in [4.78, 5) is 76.7. The second kappa shape index (κ2) is 15.2. The van der Waals surface area contributed by atoms with Gasteiger partial charge >= 0.3 is 5.97 Å². The minimum atomic E-state index is -1.08. The highest BCUT2D eigenvalue weighted by Crippen LogP contribution is 2.43. The SMILES string of the molecule is C[C@@H]1O[C@@H](n2cc(C3=C(c4c[nH]c5ccccc45)C(=O)N(C)C3=O)c3ccccc32)C[C@H](N(C(=O)c2ccccc2)C(=O)c2ccccc2)[C@@H]1OC(=O)c1ccccc1. The average Bonchev–Trinajstić information content (AvgIpc) is 3.94. The number of benzene rings is 5. The number of carbonyl (C=O) groups is 5. The molecule has 0 radical (unpaired) electrons. The van der Waals surface area contributed by atoms with Crippen LogP contribution >= 0.6 is 0 Å². The summed E-state index contributed by atoms with van der Waals surface area (Å²) in [5.41, 5.74) is 4.01. The van der Waals surface area contributed by atoms with Crippen molar-refractivity contribution in [2.24, 2.45) is 0 Å². The summed E-state index contributed by atoms with van der Waals surface area (Å²) in [6, 6.07) is 39.6. The van der Waals surface area contributed by atoms with Gasteiger partial charge in [-0.3, -0.25) is 29.0 Å². The summed E-state index contributed by atoms with van der Waals surface area (Å²) in [5, 5.41) is 1.49. The number of hydrogen-bond acceptors (Lipinski definition) is 7. The lowest BCUT2D eigenvalue weighted by atomic mass is 9.94. The Labute approximate surface area is 339 Å². The maximum absolute atomic E-state index is 14.7. The van der Waals surface area contributed by atoms with Crippen molar-refractivity contribution in [1.29, 1.82) is 0 Å². The molecule has 4 heterocycles. The fourth-order valence-corrected chi connectivity index (χ4v) is 8.30. The molecule has 0 aliphatic carbocycles. The molecule has 1 N–H and O–H groups in total. The number of carbonyl (C=O) groups excluding carboxylic acids is 5. The number of likely N-dealkylation sites (N-methyl/N-ethyl adjacent to an activating group) is 1. The molecule has 2 aliphatic rings. The Morgan fingerprint density at radius 2 is 1.20 bits per heavy atom. The highest BCUT2D eigenvalue weighted by molar-refractivity contribution is 6.50. The molecular formula is C48H38N4O7. The molecule has 4 atom stereocenters. The number of aromatic nitrogens is 2. The van der Waals surface area contributed by atoms with Crippen molar-refractivity contribution in [3.8, 4) is 0 Å². The Kier molecular flexibility index (Phi) is 9.58. The van der Waals surface area contributed by atoms with E-state index < -0.39 is 54.1 Å². The van der Waals surface area contributed by atoms with E-state index in [0.717, 1.165) is 15.8 Å². The number of fused-ring (bicyclic) bond motifs is 2. The molecule has 2 aromatic heterocycles. The van der Waals surface area contributed by atoms with Crippen molar-refractivity contribution in [3.63, 3.8) is 0 Å². The van der Waals surface area contributed by atoms with E-state index in [1.165, 1.54) is 11.9 Å². The molecule has 1 saturated heterocycles. The van der Waals surface area contributed by atoms with E-state index in [2.05, 4.69) is 4.98 Å². The molecule has 0 spiro atoms. The van der Waals surface area contributed by atoms with Crippen molar-refractivity contribution in [1.82, 2.24) is 19.4 Å². The van der Waals surface area contributed by atoms with Crippen molar-refractivity contribution < 1.29 is 33.4 Å². The maximum atomic E-state index is 14.7. The molecule has 0 saturated carbocycles. The topological polar surface area (TPSA) is 131 Å². The van der Waals surface area contributed by atoms with Crippen LogP contribution in [0.25, 0.3) is 33.0 Å². The van der Waals surface area contributed by atoms with Crippen LogP contribution in [0.2, 0.25) is 0 Å². The summed E-state index contributed by atoms with van der Waals surface area (Å²) in [6.07, 6.45) is 0.794. The Hall–Kier alpha value is -7.37.